The minimum Gasteiger partial charge on any atom is -0.369 e. The largest absolute Gasteiger partial charge is 0.369 e. The van der Waals surface area contributed by atoms with E-state index in [0.717, 1.165) is 12.5 Å². The fraction of sp³-hybridized carbons (Fsp3) is 1.00. The summed E-state index contributed by atoms with van der Waals surface area (Å²) >= 11 is 0. The number of hydrogen-bond acceptors (Lipinski definition) is 1. The highest BCUT2D eigenvalue weighted by Gasteiger charge is 2.54. The van der Waals surface area contributed by atoms with E-state index in [9.17, 15) is 0 Å². The molecule has 1 heterocycles. The molecular formula is C10H18O. The molecule has 1 aliphatic heterocycles. The van der Waals surface area contributed by atoms with E-state index in [2.05, 4.69) is 20.8 Å². The van der Waals surface area contributed by atoms with Crippen LogP contribution in [0.25, 0.3) is 0 Å². The van der Waals surface area contributed by atoms with Crippen molar-refractivity contribution in [1.29, 1.82) is 0 Å². The summed E-state index contributed by atoms with van der Waals surface area (Å²) in [6.07, 6.45) is 4.01. The minimum atomic E-state index is 0.321. The van der Waals surface area contributed by atoms with E-state index >= 15 is 0 Å². The van der Waals surface area contributed by atoms with Gasteiger partial charge in [0.2, 0.25) is 0 Å². The van der Waals surface area contributed by atoms with Gasteiger partial charge >= 0.3 is 0 Å². The first-order valence-corrected chi connectivity index (χ1v) is 4.68. The first kappa shape index (κ1) is 7.60. The van der Waals surface area contributed by atoms with Crippen molar-refractivity contribution in [3.8, 4) is 0 Å². The first-order valence-electron chi connectivity index (χ1n) is 4.68. The van der Waals surface area contributed by atoms with Crippen molar-refractivity contribution in [3.05, 3.63) is 0 Å². The fourth-order valence-electron chi connectivity index (χ4n) is 2.42. The van der Waals surface area contributed by atoms with Crippen molar-refractivity contribution in [2.45, 2.75) is 45.6 Å². The van der Waals surface area contributed by atoms with Crippen molar-refractivity contribution in [2.75, 3.05) is 6.61 Å². The average molecular weight is 154 g/mol. The van der Waals surface area contributed by atoms with E-state index in [0.29, 0.717) is 11.0 Å². The molecule has 64 valence electrons. The molecule has 0 amide bonds. The van der Waals surface area contributed by atoms with Crippen LogP contribution in [0.5, 0.6) is 0 Å². The molecule has 1 saturated heterocycles. The van der Waals surface area contributed by atoms with Crippen molar-refractivity contribution < 1.29 is 4.74 Å². The van der Waals surface area contributed by atoms with Crippen molar-refractivity contribution in [2.24, 2.45) is 11.3 Å². The molecule has 1 saturated carbocycles. The maximum atomic E-state index is 5.58. The molecule has 2 rings (SSSR count). The number of rotatable bonds is 0. The van der Waals surface area contributed by atoms with E-state index in [1.807, 2.05) is 0 Å². The van der Waals surface area contributed by atoms with Gasteiger partial charge in [0.15, 0.2) is 0 Å². The zero-order valence-electron chi connectivity index (χ0n) is 7.81. The molecule has 1 aliphatic carbocycles. The molecule has 0 aromatic carbocycles. The van der Waals surface area contributed by atoms with Crippen molar-refractivity contribution >= 4 is 0 Å². The molecule has 0 N–H and O–H groups in total. The average Bonchev–Trinajstić information content (AvgIpc) is 2.61. The van der Waals surface area contributed by atoms with Gasteiger partial charge in [0.1, 0.15) is 0 Å². The highest BCUT2D eigenvalue weighted by Crippen LogP contribution is 2.52. The maximum absolute atomic E-state index is 5.58. The Bertz CT molecular complexity index is 168. The van der Waals surface area contributed by atoms with Crippen molar-refractivity contribution in [3.63, 3.8) is 0 Å². The van der Waals surface area contributed by atoms with Gasteiger partial charge in [-0.25, -0.2) is 0 Å². The van der Waals surface area contributed by atoms with Crippen LogP contribution >= 0.6 is 0 Å². The van der Waals surface area contributed by atoms with Crippen LogP contribution in [0.1, 0.15) is 40.0 Å². The second-order valence-electron chi connectivity index (χ2n) is 5.13. The topological polar surface area (TPSA) is 12.5 Å². The molecule has 1 nitrogen and oxygen atoms in total. The minimum absolute atomic E-state index is 0.321. The Hall–Kier alpha value is -0.0400. The summed E-state index contributed by atoms with van der Waals surface area (Å²) in [6, 6.07) is 0. The van der Waals surface area contributed by atoms with Gasteiger partial charge in [0, 0.05) is 0 Å². The quantitative estimate of drug-likeness (QED) is 0.489. The van der Waals surface area contributed by atoms with Crippen LogP contribution in [-0.2, 0) is 4.74 Å². The van der Waals surface area contributed by atoms with Crippen LogP contribution in [0, 0.1) is 11.3 Å². The third-order valence-corrected chi connectivity index (χ3v) is 3.45. The van der Waals surface area contributed by atoms with Crippen LogP contribution in [0.4, 0.5) is 0 Å². The highest BCUT2D eigenvalue weighted by molar-refractivity contribution is 5.03. The van der Waals surface area contributed by atoms with Crippen molar-refractivity contribution in [1.82, 2.24) is 0 Å². The third kappa shape index (κ3) is 1.20. The van der Waals surface area contributed by atoms with Gasteiger partial charge < -0.3 is 4.74 Å². The predicted octanol–water partition coefficient (Wildman–Crippen LogP) is 2.60. The van der Waals surface area contributed by atoms with Crippen LogP contribution in [0.15, 0.2) is 0 Å². The van der Waals surface area contributed by atoms with Gasteiger partial charge in [-0.2, -0.15) is 0 Å². The molecular weight excluding hydrogens is 136 g/mol. The number of epoxide rings is 1. The van der Waals surface area contributed by atoms with E-state index in [-0.39, 0.29) is 0 Å². The van der Waals surface area contributed by atoms with Crippen LogP contribution < -0.4 is 0 Å². The Morgan fingerprint density at radius 2 is 2.00 bits per heavy atom. The lowest BCUT2D eigenvalue weighted by atomic mass is 9.68. The zero-order chi connectivity index (χ0) is 8.11. The van der Waals surface area contributed by atoms with E-state index in [4.69, 9.17) is 4.74 Å². The summed E-state index contributed by atoms with van der Waals surface area (Å²) in [6.45, 7) is 8.09. The predicted molar refractivity (Wildman–Crippen MR) is 45.5 cm³/mol. The van der Waals surface area contributed by atoms with Gasteiger partial charge in [0.25, 0.3) is 0 Å². The normalized spacial score (nSPS) is 47.7. The van der Waals surface area contributed by atoms with Crippen LogP contribution in [-0.4, -0.2) is 12.2 Å². The summed E-state index contributed by atoms with van der Waals surface area (Å²) in [4.78, 5) is 0. The van der Waals surface area contributed by atoms with Gasteiger partial charge in [-0.3, -0.25) is 0 Å². The van der Waals surface area contributed by atoms with Gasteiger partial charge in [0.05, 0.1) is 12.2 Å². The molecule has 2 fully saturated rings. The lowest BCUT2D eigenvalue weighted by molar-refractivity contribution is 0.0863. The molecule has 0 aromatic rings. The summed E-state index contributed by atoms with van der Waals surface area (Å²) in [5, 5.41) is 0. The van der Waals surface area contributed by atoms with Crippen LogP contribution in [0.2, 0.25) is 0 Å². The van der Waals surface area contributed by atoms with E-state index in [1.165, 1.54) is 19.3 Å². The summed E-state index contributed by atoms with van der Waals surface area (Å²) < 4.78 is 5.58. The van der Waals surface area contributed by atoms with E-state index < -0.39 is 0 Å². The summed E-state index contributed by atoms with van der Waals surface area (Å²) in [5.41, 5.74) is 0.852. The zero-order valence-corrected chi connectivity index (χ0v) is 7.81. The Labute approximate surface area is 69.1 Å². The van der Waals surface area contributed by atoms with Gasteiger partial charge in [-0.1, -0.05) is 20.8 Å². The molecule has 0 radical (unpaired) electrons. The monoisotopic (exact) mass is 154 g/mol. The van der Waals surface area contributed by atoms with Gasteiger partial charge in [-0.15, -0.1) is 0 Å². The highest BCUT2D eigenvalue weighted by atomic mass is 16.6. The molecule has 2 unspecified atom stereocenters. The second kappa shape index (κ2) is 2.01. The second-order valence-corrected chi connectivity index (χ2v) is 5.13. The summed E-state index contributed by atoms with van der Waals surface area (Å²) in [7, 11) is 0. The van der Waals surface area contributed by atoms with Crippen LogP contribution in [0.3, 0.4) is 0 Å². The van der Waals surface area contributed by atoms with E-state index in [1.54, 1.807) is 0 Å². The molecule has 0 bridgehead atoms. The molecule has 0 aromatic heterocycles. The number of ether oxygens (including phenoxy) is 1. The van der Waals surface area contributed by atoms with Gasteiger partial charge in [-0.05, 0) is 30.6 Å². The Balaban J connectivity index is 2.10. The third-order valence-electron chi connectivity index (χ3n) is 3.45. The molecule has 2 atom stereocenters. The SMILES string of the molecule is CC1CCC(C)(C)CC12CO2. The maximum Gasteiger partial charge on any atom is 0.0946 e. The number of hydrogen-bond donors (Lipinski definition) is 0. The lowest BCUT2D eigenvalue weighted by Gasteiger charge is -2.37. The Morgan fingerprint density at radius 3 is 2.45 bits per heavy atom. The lowest BCUT2D eigenvalue weighted by Crippen LogP contribution is -2.35. The molecule has 1 spiro atoms. The summed E-state index contributed by atoms with van der Waals surface area (Å²) in [5.74, 6) is 0.801. The molecule has 11 heavy (non-hydrogen) atoms. The smallest absolute Gasteiger partial charge is 0.0946 e. The molecule has 2 aliphatic rings. The standard InChI is InChI=1S/C10H18O/c1-8-4-5-9(2,3)6-10(8)7-11-10/h8H,4-7H2,1-3H3. The first-order chi connectivity index (χ1) is 5.04. The molecule has 1 heteroatoms. The fourth-order valence-corrected chi connectivity index (χ4v) is 2.42. The Morgan fingerprint density at radius 1 is 1.36 bits per heavy atom. The Kier molecular flexibility index (Phi) is 1.39.